The summed E-state index contributed by atoms with van der Waals surface area (Å²) in [5.74, 6) is 1.83. The maximum absolute atomic E-state index is 5.75. The van der Waals surface area contributed by atoms with Crippen LogP contribution in [-0.2, 0) is 0 Å². The first-order valence-corrected chi connectivity index (χ1v) is 7.24. The Labute approximate surface area is 126 Å². The van der Waals surface area contributed by atoms with E-state index in [1.807, 2.05) is 38.2 Å². The zero-order chi connectivity index (χ0) is 15.2. The van der Waals surface area contributed by atoms with E-state index in [2.05, 4.69) is 30.4 Å². The molecule has 0 aliphatic carbocycles. The Morgan fingerprint density at radius 2 is 1.86 bits per heavy atom. The number of nitrogens with one attached hydrogen (secondary N) is 1. The molecule has 0 spiro atoms. The third-order valence-electron chi connectivity index (χ3n) is 3.57. The van der Waals surface area contributed by atoms with Crippen LogP contribution in [0.2, 0.25) is 0 Å². The molecule has 0 heterocycles. The van der Waals surface area contributed by atoms with Gasteiger partial charge in [-0.25, -0.2) is 0 Å². The van der Waals surface area contributed by atoms with Gasteiger partial charge in [0.1, 0.15) is 11.5 Å². The lowest BCUT2D eigenvalue weighted by molar-refractivity contribution is 0.334. The zero-order valence-corrected chi connectivity index (χ0v) is 13.1. The van der Waals surface area contributed by atoms with Gasteiger partial charge in [-0.3, -0.25) is 0 Å². The van der Waals surface area contributed by atoms with Gasteiger partial charge in [0.2, 0.25) is 0 Å². The van der Waals surface area contributed by atoms with E-state index in [-0.39, 0.29) is 6.04 Å². The van der Waals surface area contributed by atoms with Gasteiger partial charge in [-0.1, -0.05) is 30.3 Å². The van der Waals surface area contributed by atoms with Crippen LogP contribution < -0.4 is 14.8 Å². The van der Waals surface area contributed by atoms with Crippen molar-refractivity contribution in [1.29, 1.82) is 0 Å². The van der Waals surface area contributed by atoms with E-state index in [4.69, 9.17) is 9.47 Å². The molecule has 0 saturated carbocycles. The number of methoxy groups -OCH3 is 1. The molecular weight excluding hydrogens is 262 g/mol. The van der Waals surface area contributed by atoms with Crippen LogP contribution in [0.3, 0.4) is 0 Å². The molecule has 0 fully saturated rings. The van der Waals surface area contributed by atoms with Crippen LogP contribution in [0.15, 0.2) is 42.5 Å². The number of hydrogen-bond acceptors (Lipinski definition) is 3. The summed E-state index contributed by atoms with van der Waals surface area (Å²) >= 11 is 0. The fourth-order valence-corrected chi connectivity index (χ4v) is 2.59. The second kappa shape index (κ2) is 7.14. The summed E-state index contributed by atoms with van der Waals surface area (Å²) in [6.07, 6.45) is 0. The fraction of sp³-hybridized carbons (Fsp3) is 0.333. The van der Waals surface area contributed by atoms with Gasteiger partial charge in [0.05, 0.1) is 19.8 Å². The number of hydrogen-bond donors (Lipinski definition) is 1. The number of ether oxygens (including phenoxy) is 2. The Kier molecular flexibility index (Phi) is 5.23. The highest BCUT2D eigenvalue weighted by Gasteiger charge is 2.17. The van der Waals surface area contributed by atoms with E-state index in [9.17, 15) is 0 Å². The van der Waals surface area contributed by atoms with Crippen LogP contribution in [0.5, 0.6) is 11.5 Å². The van der Waals surface area contributed by atoms with Crippen molar-refractivity contribution in [2.45, 2.75) is 19.9 Å². The first-order valence-electron chi connectivity index (χ1n) is 7.24. The lowest BCUT2D eigenvalue weighted by atomic mass is 9.96. The first kappa shape index (κ1) is 15.4. The van der Waals surface area contributed by atoms with Crippen LogP contribution >= 0.6 is 0 Å². The Balaban J connectivity index is 2.42. The number of benzene rings is 2. The average Bonchev–Trinajstić information content (AvgIpc) is 2.50. The third kappa shape index (κ3) is 3.37. The van der Waals surface area contributed by atoms with E-state index >= 15 is 0 Å². The summed E-state index contributed by atoms with van der Waals surface area (Å²) in [5, 5.41) is 3.38. The second-order valence-corrected chi connectivity index (χ2v) is 4.92. The van der Waals surface area contributed by atoms with Gasteiger partial charge >= 0.3 is 0 Å². The average molecular weight is 285 g/mol. The summed E-state index contributed by atoms with van der Waals surface area (Å²) in [6, 6.07) is 14.5. The standard InChI is InChI=1S/C18H23NO2/c1-5-21-17-9-7-6-8-15(17)18(19-3)14-10-11-16(20-4)13(2)12-14/h6-12,18-19H,5H2,1-4H3. The van der Waals surface area contributed by atoms with Crippen molar-refractivity contribution in [2.75, 3.05) is 20.8 Å². The largest absolute Gasteiger partial charge is 0.496 e. The highest BCUT2D eigenvalue weighted by molar-refractivity contribution is 5.45. The molecule has 0 aliphatic rings. The molecule has 0 aromatic heterocycles. The van der Waals surface area contributed by atoms with E-state index in [1.165, 1.54) is 5.56 Å². The number of aryl methyl sites for hydroxylation is 1. The van der Waals surface area contributed by atoms with Crippen molar-refractivity contribution < 1.29 is 9.47 Å². The van der Waals surface area contributed by atoms with E-state index in [1.54, 1.807) is 7.11 Å². The molecule has 2 aromatic carbocycles. The number of rotatable bonds is 6. The van der Waals surface area contributed by atoms with Gasteiger partial charge in [0, 0.05) is 5.56 Å². The van der Waals surface area contributed by atoms with Gasteiger partial charge in [-0.05, 0) is 44.2 Å². The molecule has 0 aliphatic heterocycles. The van der Waals surface area contributed by atoms with E-state index in [0.29, 0.717) is 6.61 Å². The minimum atomic E-state index is 0.0948. The molecule has 112 valence electrons. The number of para-hydroxylation sites is 1. The Morgan fingerprint density at radius 1 is 1.10 bits per heavy atom. The Morgan fingerprint density at radius 3 is 2.48 bits per heavy atom. The van der Waals surface area contributed by atoms with Gasteiger partial charge in [0.25, 0.3) is 0 Å². The van der Waals surface area contributed by atoms with Crippen LogP contribution in [0.4, 0.5) is 0 Å². The molecule has 3 nitrogen and oxygen atoms in total. The summed E-state index contributed by atoms with van der Waals surface area (Å²) in [6.45, 7) is 4.72. The Bertz CT molecular complexity index is 596. The predicted molar refractivity (Wildman–Crippen MR) is 86.2 cm³/mol. The van der Waals surface area contributed by atoms with Crippen molar-refractivity contribution in [3.63, 3.8) is 0 Å². The van der Waals surface area contributed by atoms with Gasteiger partial charge < -0.3 is 14.8 Å². The topological polar surface area (TPSA) is 30.5 Å². The maximum atomic E-state index is 5.75. The van der Waals surface area contributed by atoms with Gasteiger partial charge in [0.15, 0.2) is 0 Å². The van der Waals surface area contributed by atoms with E-state index in [0.717, 1.165) is 22.6 Å². The maximum Gasteiger partial charge on any atom is 0.124 e. The van der Waals surface area contributed by atoms with Crippen LogP contribution in [0.1, 0.15) is 29.7 Å². The van der Waals surface area contributed by atoms with Gasteiger partial charge in [-0.2, -0.15) is 0 Å². The van der Waals surface area contributed by atoms with Crippen molar-refractivity contribution in [2.24, 2.45) is 0 Å². The molecule has 1 atom stereocenters. The highest BCUT2D eigenvalue weighted by atomic mass is 16.5. The van der Waals surface area contributed by atoms with Crippen molar-refractivity contribution >= 4 is 0 Å². The molecule has 0 amide bonds. The summed E-state index contributed by atoms with van der Waals surface area (Å²) < 4.78 is 11.1. The fourth-order valence-electron chi connectivity index (χ4n) is 2.59. The summed E-state index contributed by atoms with van der Waals surface area (Å²) in [7, 11) is 3.66. The van der Waals surface area contributed by atoms with E-state index < -0.39 is 0 Å². The molecular formula is C18H23NO2. The van der Waals surface area contributed by atoms with Crippen LogP contribution in [-0.4, -0.2) is 20.8 Å². The van der Waals surface area contributed by atoms with Gasteiger partial charge in [-0.15, -0.1) is 0 Å². The molecule has 1 unspecified atom stereocenters. The molecule has 3 heteroatoms. The normalized spacial score (nSPS) is 12.0. The quantitative estimate of drug-likeness (QED) is 0.877. The third-order valence-corrected chi connectivity index (χ3v) is 3.57. The van der Waals surface area contributed by atoms with Crippen LogP contribution in [0, 0.1) is 6.92 Å². The SMILES string of the molecule is CCOc1ccccc1C(NC)c1ccc(OC)c(C)c1. The minimum Gasteiger partial charge on any atom is -0.496 e. The van der Waals surface area contributed by atoms with Crippen LogP contribution in [0.25, 0.3) is 0 Å². The molecule has 2 rings (SSSR count). The molecule has 0 radical (unpaired) electrons. The summed E-state index contributed by atoms with van der Waals surface area (Å²) in [4.78, 5) is 0. The summed E-state index contributed by atoms with van der Waals surface area (Å²) in [5.41, 5.74) is 3.47. The lowest BCUT2D eigenvalue weighted by Crippen LogP contribution is -2.18. The lowest BCUT2D eigenvalue weighted by Gasteiger charge is -2.21. The minimum absolute atomic E-state index is 0.0948. The molecule has 2 aromatic rings. The van der Waals surface area contributed by atoms with Crippen molar-refractivity contribution in [1.82, 2.24) is 5.32 Å². The highest BCUT2D eigenvalue weighted by Crippen LogP contribution is 2.31. The molecule has 1 N–H and O–H groups in total. The van der Waals surface area contributed by atoms with Crippen molar-refractivity contribution in [3.05, 3.63) is 59.2 Å². The van der Waals surface area contributed by atoms with Crippen molar-refractivity contribution in [3.8, 4) is 11.5 Å². The zero-order valence-electron chi connectivity index (χ0n) is 13.1. The Hall–Kier alpha value is -2.00. The molecule has 0 bridgehead atoms. The predicted octanol–water partition coefficient (Wildman–Crippen LogP) is 3.71. The first-order chi connectivity index (χ1) is 10.2. The monoisotopic (exact) mass is 285 g/mol. The molecule has 0 saturated heterocycles. The second-order valence-electron chi connectivity index (χ2n) is 4.92. The smallest absolute Gasteiger partial charge is 0.124 e. The molecule has 21 heavy (non-hydrogen) atoms.